The number of carbonyl (C=O) groups is 2. The molecule has 228 valence electrons. The van der Waals surface area contributed by atoms with Gasteiger partial charge >= 0.3 is 17.8 Å². The van der Waals surface area contributed by atoms with Crippen molar-refractivity contribution >= 4 is 91.7 Å². The zero-order valence-electron chi connectivity index (χ0n) is 22.1. The van der Waals surface area contributed by atoms with Crippen molar-refractivity contribution in [3.8, 4) is 39.0 Å². The summed E-state index contributed by atoms with van der Waals surface area (Å²) in [7, 11) is 0. The molecule has 0 radical (unpaired) electrons. The van der Waals surface area contributed by atoms with Gasteiger partial charge in [-0.15, -0.1) is 68.0 Å². The lowest BCUT2D eigenvalue weighted by Gasteiger charge is -2.25. The third-order valence-electron chi connectivity index (χ3n) is 7.13. The number of aldehydes is 2. The van der Waals surface area contributed by atoms with E-state index in [2.05, 4.69) is 0 Å². The number of alkyl halides is 6. The average molecular weight is 725 g/mol. The molecule has 0 unspecified atom stereocenters. The summed E-state index contributed by atoms with van der Waals surface area (Å²) in [5.41, 5.74) is -3.70. The minimum atomic E-state index is -5.74. The molecule has 6 aromatic rings. The molecule has 6 aromatic heterocycles. The average Bonchev–Trinajstić information content (AvgIpc) is 3.85. The lowest BCUT2D eigenvalue weighted by atomic mass is 9.94. The Morgan fingerprint density at radius 1 is 0.511 bits per heavy atom. The van der Waals surface area contributed by atoms with Crippen LogP contribution in [0.4, 0.5) is 26.3 Å². The van der Waals surface area contributed by atoms with Gasteiger partial charge in [0.05, 0.1) is 19.5 Å². The molecule has 0 saturated heterocycles. The fourth-order valence-corrected chi connectivity index (χ4v) is 11.0. The smallest absolute Gasteiger partial charge is 0.297 e. The van der Waals surface area contributed by atoms with Gasteiger partial charge in [-0.3, -0.25) is 9.59 Å². The molecule has 0 fully saturated rings. The predicted molar refractivity (Wildman–Crippen MR) is 174 cm³/mol. The minimum absolute atomic E-state index is 0.142. The molecule has 0 aromatic carbocycles. The second-order valence-electron chi connectivity index (χ2n) is 9.77. The van der Waals surface area contributed by atoms with Gasteiger partial charge < -0.3 is 0 Å². The van der Waals surface area contributed by atoms with Gasteiger partial charge in [0.25, 0.3) is 0 Å². The molecule has 2 nitrogen and oxygen atoms in total. The van der Waals surface area contributed by atoms with Crippen LogP contribution in [0, 0.1) is 0 Å². The molecule has 0 spiro atoms. The van der Waals surface area contributed by atoms with Crippen LogP contribution in [0.5, 0.6) is 0 Å². The van der Waals surface area contributed by atoms with E-state index in [1.54, 1.807) is 47.2 Å². The van der Waals surface area contributed by atoms with Crippen LogP contribution in [0.3, 0.4) is 0 Å². The normalized spacial score (nSPS) is 16.8. The maximum Gasteiger partial charge on any atom is 0.380 e. The van der Waals surface area contributed by atoms with Crippen LogP contribution in [0.15, 0.2) is 71.4 Å². The Kier molecular flexibility index (Phi) is 7.45. The lowest BCUT2D eigenvalue weighted by Crippen LogP contribution is -2.48. The zero-order valence-corrected chi connectivity index (χ0v) is 27.0. The monoisotopic (exact) mass is 724 g/mol. The first-order chi connectivity index (χ1) is 21.5. The van der Waals surface area contributed by atoms with Crippen LogP contribution in [0.2, 0.25) is 0 Å². The van der Waals surface area contributed by atoms with Gasteiger partial charge in [0.1, 0.15) is 0 Å². The molecule has 14 heteroatoms. The summed E-state index contributed by atoms with van der Waals surface area (Å²) in [5.74, 6) is -16.2. The van der Waals surface area contributed by atoms with Crippen molar-refractivity contribution in [1.29, 1.82) is 0 Å². The Morgan fingerprint density at radius 3 is 1.27 bits per heavy atom. The van der Waals surface area contributed by atoms with Crippen LogP contribution in [0.1, 0.15) is 30.5 Å². The second-order valence-corrected chi connectivity index (χ2v) is 16.0. The quantitative estimate of drug-likeness (QED) is 0.116. The first-order valence-corrected chi connectivity index (χ1v) is 17.9. The maximum atomic E-state index is 16.1. The summed E-state index contributed by atoms with van der Waals surface area (Å²) in [5, 5.41) is 3.35. The topological polar surface area (TPSA) is 34.1 Å². The molecule has 0 amide bonds. The van der Waals surface area contributed by atoms with Crippen molar-refractivity contribution in [2.45, 2.75) is 17.8 Å². The fraction of sp³-hybridized carbons (Fsp3) is 0.0968. The second kappa shape index (κ2) is 11.0. The summed E-state index contributed by atoms with van der Waals surface area (Å²) in [4.78, 5) is 26.3. The van der Waals surface area contributed by atoms with Crippen molar-refractivity contribution in [3.63, 3.8) is 0 Å². The van der Waals surface area contributed by atoms with Crippen LogP contribution < -0.4 is 0 Å². The number of hydrogen-bond acceptors (Lipinski definition) is 8. The number of hydrogen-bond donors (Lipinski definition) is 0. The predicted octanol–water partition coefficient (Wildman–Crippen LogP) is 12.2. The Morgan fingerprint density at radius 2 is 0.933 bits per heavy atom. The van der Waals surface area contributed by atoms with Gasteiger partial charge in [-0.05, 0) is 59.3 Å². The van der Waals surface area contributed by atoms with Gasteiger partial charge in [0, 0.05) is 51.5 Å². The van der Waals surface area contributed by atoms with Gasteiger partial charge in [-0.25, -0.2) is 0 Å². The van der Waals surface area contributed by atoms with Crippen LogP contribution >= 0.6 is 68.0 Å². The minimum Gasteiger partial charge on any atom is -0.297 e. The molecule has 0 atom stereocenters. The van der Waals surface area contributed by atoms with E-state index in [1.165, 1.54) is 24.3 Å². The Labute approximate surface area is 275 Å². The van der Waals surface area contributed by atoms with E-state index in [-0.39, 0.29) is 9.75 Å². The molecule has 1 aliphatic carbocycles. The number of carbonyl (C=O) groups excluding carboxylic acids is 2. The van der Waals surface area contributed by atoms with Crippen LogP contribution in [-0.4, -0.2) is 30.3 Å². The highest BCUT2D eigenvalue weighted by atomic mass is 32.1. The van der Waals surface area contributed by atoms with E-state index >= 15 is 26.3 Å². The van der Waals surface area contributed by atoms with Gasteiger partial charge in [-0.1, -0.05) is 12.1 Å². The van der Waals surface area contributed by atoms with E-state index in [4.69, 9.17) is 0 Å². The van der Waals surface area contributed by atoms with E-state index in [0.717, 1.165) is 68.0 Å². The van der Waals surface area contributed by atoms with Crippen molar-refractivity contribution in [2.24, 2.45) is 0 Å². The van der Waals surface area contributed by atoms with E-state index in [9.17, 15) is 9.59 Å². The standard InChI is InChI=1S/C31H14F6O2S6/c32-29(33)25(17-11-23(19-7-5-15(13-38)42-19)44-27(17)21-3-1-9-40-21)26(30(34,35)31(29,36)37)18-12-24(20-8-6-16(14-39)43-20)45-28(18)22-4-2-10-41-22/h1-14H. The largest absolute Gasteiger partial charge is 0.380 e. The van der Waals surface area contributed by atoms with Crippen molar-refractivity contribution in [2.75, 3.05) is 0 Å². The summed E-state index contributed by atoms with van der Waals surface area (Å²) in [6.45, 7) is 0. The maximum absolute atomic E-state index is 16.1. The molecule has 0 saturated carbocycles. The van der Waals surface area contributed by atoms with E-state index < -0.39 is 40.0 Å². The first-order valence-electron chi connectivity index (χ1n) is 12.8. The Balaban J connectivity index is 1.56. The molecule has 0 bridgehead atoms. The summed E-state index contributed by atoms with van der Waals surface area (Å²) in [6.07, 6.45) is 1.25. The highest BCUT2D eigenvalue weighted by Gasteiger charge is 2.80. The Bertz CT molecular complexity index is 1940. The summed E-state index contributed by atoms with van der Waals surface area (Å²) >= 11 is 6.50. The SMILES string of the molecule is O=Cc1ccc(-c2cc(C3=C(c4cc(-c5ccc(C=O)s5)sc4-c4cccs4)C(F)(F)C(F)(F)C3(F)F)c(-c3cccs3)s2)s1. The fourth-order valence-electron chi connectivity index (χ4n) is 5.11. The third kappa shape index (κ3) is 4.68. The highest BCUT2D eigenvalue weighted by Crippen LogP contribution is 2.67. The molecular formula is C31H14F6O2S6. The molecular weight excluding hydrogens is 711 g/mol. The van der Waals surface area contributed by atoms with Gasteiger partial charge in [-0.2, -0.15) is 26.3 Å². The van der Waals surface area contributed by atoms with Crippen LogP contribution in [0.25, 0.3) is 50.2 Å². The third-order valence-corrected chi connectivity index (χ3v) is 13.9. The Hall–Kier alpha value is -3.14. The first kappa shape index (κ1) is 30.5. The van der Waals surface area contributed by atoms with Crippen molar-refractivity contribution in [1.82, 2.24) is 0 Å². The molecule has 0 aliphatic heterocycles. The zero-order chi connectivity index (χ0) is 31.7. The molecule has 0 N–H and O–H groups in total. The number of thiophene rings is 6. The number of allylic oxidation sites excluding steroid dienone is 2. The number of rotatable bonds is 8. The van der Waals surface area contributed by atoms with Gasteiger partial charge in [0.2, 0.25) is 0 Å². The van der Waals surface area contributed by atoms with Gasteiger partial charge in [0.15, 0.2) is 12.6 Å². The highest BCUT2D eigenvalue weighted by molar-refractivity contribution is 7.27. The molecule has 1 aliphatic rings. The van der Waals surface area contributed by atoms with E-state index in [1.807, 2.05) is 0 Å². The van der Waals surface area contributed by atoms with Crippen molar-refractivity contribution < 1.29 is 35.9 Å². The molecule has 7 rings (SSSR count). The summed E-state index contributed by atoms with van der Waals surface area (Å²) in [6, 6.07) is 15.3. The van der Waals surface area contributed by atoms with Crippen LogP contribution in [-0.2, 0) is 0 Å². The molecule has 45 heavy (non-hydrogen) atoms. The number of halogens is 6. The van der Waals surface area contributed by atoms with E-state index in [0.29, 0.717) is 51.6 Å². The lowest BCUT2D eigenvalue weighted by molar-refractivity contribution is -0.254. The van der Waals surface area contributed by atoms with Crippen molar-refractivity contribution in [3.05, 3.63) is 92.3 Å². The molecule has 6 heterocycles. The summed E-state index contributed by atoms with van der Waals surface area (Å²) < 4.78 is 95.3.